The van der Waals surface area contributed by atoms with Crippen LogP contribution in [0.25, 0.3) is 5.69 Å². The molecule has 4 nitrogen and oxygen atoms in total. The second-order valence-corrected chi connectivity index (χ2v) is 8.33. The number of carbonyl (C=O) groups excluding carboxylic acids is 1. The van der Waals surface area contributed by atoms with Gasteiger partial charge in [-0.3, -0.25) is 0 Å². The van der Waals surface area contributed by atoms with E-state index in [-0.39, 0.29) is 12.1 Å². The molecule has 3 heterocycles. The zero-order valence-corrected chi connectivity index (χ0v) is 17.0. The van der Waals surface area contributed by atoms with E-state index in [0.717, 1.165) is 21.8 Å². The Kier molecular flexibility index (Phi) is 4.62. The van der Waals surface area contributed by atoms with Crippen LogP contribution < -0.4 is 5.32 Å². The fraction of sp³-hybridized carbons (Fsp3) is 0.0870. The zero-order valence-electron chi connectivity index (χ0n) is 15.5. The number of amides is 2. The molecule has 0 saturated heterocycles. The lowest BCUT2D eigenvalue weighted by Crippen LogP contribution is -2.37. The molecule has 0 fully saturated rings. The summed E-state index contributed by atoms with van der Waals surface area (Å²) in [6, 6.07) is 23.3. The molecule has 0 saturated carbocycles. The minimum absolute atomic E-state index is 0.157. The van der Waals surface area contributed by atoms with Gasteiger partial charge in [-0.05, 0) is 53.4 Å². The minimum Gasteiger partial charge on any atom is -0.318 e. The summed E-state index contributed by atoms with van der Waals surface area (Å²) in [5, 5.41) is 5.66. The van der Waals surface area contributed by atoms with Crippen molar-refractivity contribution in [3.8, 4) is 5.69 Å². The normalized spacial score (nSPS) is 15.3. The number of urea groups is 1. The summed E-state index contributed by atoms with van der Waals surface area (Å²) in [7, 11) is 0. The summed E-state index contributed by atoms with van der Waals surface area (Å²) < 4.78 is 2.19. The fourth-order valence-corrected chi connectivity index (χ4v) is 4.89. The number of benzene rings is 2. The van der Waals surface area contributed by atoms with Crippen LogP contribution in [0.3, 0.4) is 0 Å². The maximum absolute atomic E-state index is 13.4. The van der Waals surface area contributed by atoms with E-state index in [0.29, 0.717) is 17.3 Å². The first-order valence-electron chi connectivity index (χ1n) is 9.33. The predicted molar refractivity (Wildman–Crippen MR) is 118 cm³/mol. The molecule has 29 heavy (non-hydrogen) atoms. The standard InChI is InChI=1S/C23H18ClN3OS/c24-17-7-3-8-18(14-17)25-23(28)27-15-16-6-1-2-9-19(16)26-12-4-10-20(26)22(27)21-11-5-13-29-21/h1-14,22H,15H2,(H,25,28). The molecule has 0 spiro atoms. The van der Waals surface area contributed by atoms with Crippen LogP contribution in [-0.2, 0) is 6.54 Å². The Labute approximate surface area is 178 Å². The molecule has 2 aromatic heterocycles. The highest BCUT2D eigenvalue weighted by Crippen LogP contribution is 2.38. The Balaban J connectivity index is 1.61. The first-order valence-corrected chi connectivity index (χ1v) is 10.6. The smallest absolute Gasteiger partial charge is 0.318 e. The maximum atomic E-state index is 13.4. The average Bonchev–Trinajstić information content (AvgIpc) is 3.39. The number of nitrogens with zero attached hydrogens (tertiary/aromatic N) is 2. The lowest BCUT2D eigenvalue weighted by molar-refractivity contribution is 0.195. The molecule has 0 aliphatic carbocycles. The van der Waals surface area contributed by atoms with Crippen LogP contribution in [0.15, 0.2) is 84.4 Å². The van der Waals surface area contributed by atoms with Gasteiger partial charge in [0, 0.05) is 21.8 Å². The third kappa shape index (κ3) is 3.33. The van der Waals surface area contributed by atoms with Crippen LogP contribution in [0.1, 0.15) is 22.2 Å². The number of hydrogen-bond donors (Lipinski definition) is 1. The molecule has 1 aliphatic rings. The number of anilines is 1. The van der Waals surface area contributed by atoms with E-state index in [1.165, 1.54) is 0 Å². The van der Waals surface area contributed by atoms with Crippen molar-refractivity contribution in [1.29, 1.82) is 0 Å². The number of halogens is 1. The topological polar surface area (TPSA) is 37.3 Å². The van der Waals surface area contributed by atoms with Gasteiger partial charge >= 0.3 is 6.03 Å². The van der Waals surface area contributed by atoms with Crippen LogP contribution in [-0.4, -0.2) is 15.5 Å². The molecule has 144 valence electrons. The second-order valence-electron chi connectivity index (χ2n) is 6.92. The number of rotatable bonds is 2. The minimum atomic E-state index is -0.184. The van der Waals surface area contributed by atoms with Gasteiger partial charge in [0.15, 0.2) is 0 Å². The number of thiophene rings is 1. The van der Waals surface area contributed by atoms with Gasteiger partial charge < -0.3 is 14.8 Å². The predicted octanol–water partition coefficient (Wildman–Crippen LogP) is 6.33. The Bertz CT molecular complexity index is 1170. The fourth-order valence-electron chi connectivity index (χ4n) is 3.85. The van der Waals surface area contributed by atoms with Crippen molar-refractivity contribution in [3.05, 3.63) is 106 Å². The number of fused-ring (bicyclic) bond motifs is 3. The molecule has 5 rings (SSSR count). The Morgan fingerprint density at radius 1 is 1.03 bits per heavy atom. The molecular formula is C23H18ClN3OS. The molecular weight excluding hydrogens is 402 g/mol. The molecule has 2 amide bonds. The van der Waals surface area contributed by atoms with Crippen molar-refractivity contribution in [2.75, 3.05) is 5.32 Å². The van der Waals surface area contributed by atoms with Crippen LogP contribution >= 0.6 is 22.9 Å². The summed E-state index contributed by atoms with van der Waals surface area (Å²) in [6.45, 7) is 0.507. The number of para-hydroxylation sites is 1. The maximum Gasteiger partial charge on any atom is 0.323 e. The quantitative estimate of drug-likeness (QED) is 0.405. The Morgan fingerprint density at radius 2 is 1.93 bits per heavy atom. The summed E-state index contributed by atoms with van der Waals surface area (Å²) >= 11 is 7.76. The van der Waals surface area contributed by atoms with E-state index < -0.39 is 0 Å². The third-order valence-electron chi connectivity index (χ3n) is 5.11. The molecule has 1 atom stereocenters. The van der Waals surface area contributed by atoms with Gasteiger partial charge in [0.2, 0.25) is 0 Å². The second kappa shape index (κ2) is 7.43. The molecule has 1 unspecified atom stereocenters. The van der Waals surface area contributed by atoms with Gasteiger partial charge in [-0.2, -0.15) is 0 Å². The van der Waals surface area contributed by atoms with Gasteiger partial charge in [-0.15, -0.1) is 11.3 Å². The number of nitrogens with one attached hydrogen (secondary N) is 1. The molecule has 4 aromatic rings. The number of hydrogen-bond acceptors (Lipinski definition) is 2. The van der Waals surface area contributed by atoms with Crippen molar-refractivity contribution in [2.45, 2.75) is 12.6 Å². The lowest BCUT2D eigenvalue weighted by Gasteiger charge is -2.30. The first kappa shape index (κ1) is 18.0. The molecule has 1 N–H and O–H groups in total. The van der Waals surface area contributed by atoms with E-state index in [2.05, 4.69) is 40.3 Å². The van der Waals surface area contributed by atoms with Crippen molar-refractivity contribution in [1.82, 2.24) is 9.47 Å². The first-order chi connectivity index (χ1) is 14.2. The van der Waals surface area contributed by atoms with Crippen LogP contribution in [0.4, 0.5) is 10.5 Å². The van der Waals surface area contributed by atoms with Crippen molar-refractivity contribution < 1.29 is 4.79 Å². The lowest BCUT2D eigenvalue weighted by atomic mass is 10.1. The van der Waals surface area contributed by atoms with Gasteiger partial charge in [-0.1, -0.05) is 41.9 Å². The number of aromatic nitrogens is 1. The molecule has 0 bridgehead atoms. The van der Waals surface area contributed by atoms with Gasteiger partial charge in [0.05, 0.1) is 17.9 Å². The largest absolute Gasteiger partial charge is 0.323 e. The van der Waals surface area contributed by atoms with Gasteiger partial charge in [0.1, 0.15) is 6.04 Å². The monoisotopic (exact) mass is 419 g/mol. The summed E-state index contributed by atoms with van der Waals surface area (Å²) in [4.78, 5) is 16.5. The molecule has 6 heteroatoms. The van der Waals surface area contributed by atoms with E-state index in [9.17, 15) is 4.79 Å². The summed E-state index contributed by atoms with van der Waals surface area (Å²) in [5.74, 6) is 0. The van der Waals surface area contributed by atoms with E-state index in [4.69, 9.17) is 11.6 Å². The van der Waals surface area contributed by atoms with Crippen LogP contribution in [0.5, 0.6) is 0 Å². The van der Waals surface area contributed by atoms with Gasteiger partial charge in [-0.25, -0.2) is 4.79 Å². The summed E-state index contributed by atoms with van der Waals surface area (Å²) in [6.07, 6.45) is 2.06. The molecule has 2 aromatic carbocycles. The highest BCUT2D eigenvalue weighted by molar-refractivity contribution is 7.10. The Morgan fingerprint density at radius 3 is 2.76 bits per heavy atom. The van der Waals surface area contributed by atoms with E-state index >= 15 is 0 Å². The third-order valence-corrected chi connectivity index (χ3v) is 6.27. The zero-order chi connectivity index (χ0) is 19.8. The van der Waals surface area contributed by atoms with Crippen molar-refractivity contribution >= 4 is 34.7 Å². The SMILES string of the molecule is O=C(Nc1cccc(Cl)c1)N1Cc2ccccc2-n2cccc2C1c1cccs1. The number of carbonyl (C=O) groups is 1. The average molecular weight is 420 g/mol. The highest BCUT2D eigenvalue weighted by Gasteiger charge is 2.33. The van der Waals surface area contributed by atoms with Crippen LogP contribution in [0, 0.1) is 0 Å². The molecule has 1 aliphatic heterocycles. The van der Waals surface area contributed by atoms with E-state index in [1.54, 1.807) is 23.5 Å². The summed E-state index contributed by atoms with van der Waals surface area (Å²) in [5.41, 5.74) is 3.95. The van der Waals surface area contributed by atoms with Crippen molar-refractivity contribution in [2.24, 2.45) is 0 Å². The van der Waals surface area contributed by atoms with Crippen molar-refractivity contribution in [3.63, 3.8) is 0 Å². The highest BCUT2D eigenvalue weighted by atomic mass is 35.5. The molecule has 0 radical (unpaired) electrons. The van der Waals surface area contributed by atoms with Gasteiger partial charge in [0.25, 0.3) is 0 Å². The van der Waals surface area contributed by atoms with E-state index in [1.807, 2.05) is 46.7 Å². The van der Waals surface area contributed by atoms with Crippen LogP contribution in [0.2, 0.25) is 5.02 Å². The Hall–Kier alpha value is -3.02.